The summed E-state index contributed by atoms with van der Waals surface area (Å²) >= 11 is 0. The van der Waals surface area contributed by atoms with E-state index in [4.69, 9.17) is 0 Å². The minimum atomic E-state index is 0.319. The van der Waals surface area contributed by atoms with E-state index in [2.05, 4.69) is 6.92 Å². The van der Waals surface area contributed by atoms with Crippen LogP contribution < -0.4 is 0 Å². The van der Waals surface area contributed by atoms with Crippen molar-refractivity contribution in [2.75, 3.05) is 0 Å². The van der Waals surface area contributed by atoms with Crippen molar-refractivity contribution in [1.82, 2.24) is 0 Å². The van der Waals surface area contributed by atoms with Crippen molar-refractivity contribution in [2.24, 2.45) is 5.92 Å². The molecular formula is C12H20O. The summed E-state index contributed by atoms with van der Waals surface area (Å²) in [5, 5.41) is 0. The molecule has 74 valence electrons. The Hall–Kier alpha value is -0.590. The molecule has 13 heavy (non-hydrogen) atoms. The summed E-state index contributed by atoms with van der Waals surface area (Å²) in [5.74, 6) is 1.28. The smallest absolute Gasteiger partial charge is 0.155 e. The quantitative estimate of drug-likeness (QED) is 0.572. The van der Waals surface area contributed by atoms with E-state index < -0.39 is 0 Å². The number of hydrogen-bond acceptors (Lipinski definition) is 1. The van der Waals surface area contributed by atoms with Crippen LogP contribution in [0.3, 0.4) is 0 Å². The SMILES string of the molecule is CC/C(C)=C/C(=O)CCCC1CC1. The van der Waals surface area contributed by atoms with E-state index >= 15 is 0 Å². The summed E-state index contributed by atoms with van der Waals surface area (Å²) in [6.07, 6.45) is 8.73. The molecule has 0 saturated heterocycles. The molecule has 0 aromatic carbocycles. The molecule has 0 aromatic heterocycles. The molecule has 0 heterocycles. The third kappa shape index (κ3) is 4.87. The van der Waals surface area contributed by atoms with Gasteiger partial charge in [-0.25, -0.2) is 0 Å². The second-order valence-electron chi connectivity index (χ2n) is 4.15. The van der Waals surface area contributed by atoms with Crippen LogP contribution in [0, 0.1) is 5.92 Å². The molecule has 1 rings (SSSR count). The van der Waals surface area contributed by atoms with Gasteiger partial charge < -0.3 is 0 Å². The molecule has 0 aliphatic heterocycles. The Labute approximate surface area is 81.2 Å². The molecular weight excluding hydrogens is 160 g/mol. The van der Waals surface area contributed by atoms with Crippen LogP contribution in [0.2, 0.25) is 0 Å². The first-order valence-electron chi connectivity index (χ1n) is 5.42. The van der Waals surface area contributed by atoms with Gasteiger partial charge in [0.25, 0.3) is 0 Å². The molecule has 1 saturated carbocycles. The van der Waals surface area contributed by atoms with Crippen LogP contribution >= 0.6 is 0 Å². The Morgan fingerprint density at radius 3 is 2.69 bits per heavy atom. The lowest BCUT2D eigenvalue weighted by Gasteiger charge is -1.97. The van der Waals surface area contributed by atoms with Gasteiger partial charge in [-0.05, 0) is 31.8 Å². The van der Waals surface area contributed by atoms with Crippen molar-refractivity contribution in [3.8, 4) is 0 Å². The summed E-state index contributed by atoms with van der Waals surface area (Å²) < 4.78 is 0. The molecule has 1 heteroatoms. The van der Waals surface area contributed by atoms with Crippen LogP contribution in [-0.4, -0.2) is 5.78 Å². The van der Waals surface area contributed by atoms with Crippen LogP contribution in [0.1, 0.15) is 52.4 Å². The molecule has 0 radical (unpaired) electrons. The molecule has 1 aliphatic carbocycles. The largest absolute Gasteiger partial charge is 0.295 e. The number of allylic oxidation sites excluding steroid dienone is 2. The second-order valence-corrected chi connectivity index (χ2v) is 4.15. The fraction of sp³-hybridized carbons (Fsp3) is 0.750. The molecule has 0 aromatic rings. The van der Waals surface area contributed by atoms with Gasteiger partial charge >= 0.3 is 0 Å². The molecule has 1 aliphatic rings. The number of carbonyl (C=O) groups is 1. The van der Waals surface area contributed by atoms with Gasteiger partial charge in [-0.1, -0.05) is 31.8 Å². The lowest BCUT2D eigenvalue weighted by molar-refractivity contribution is -0.114. The van der Waals surface area contributed by atoms with Crippen molar-refractivity contribution in [3.63, 3.8) is 0 Å². The van der Waals surface area contributed by atoms with E-state index in [-0.39, 0.29) is 0 Å². The van der Waals surface area contributed by atoms with Gasteiger partial charge in [0, 0.05) is 6.42 Å². The Kier molecular flexibility index (Phi) is 4.20. The van der Waals surface area contributed by atoms with Crippen LogP contribution in [0.5, 0.6) is 0 Å². The van der Waals surface area contributed by atoms with E-state index in [0.29, 0.717) is 5.78 Å². The molecule has 0 bridgehead atoms. The van der Waals surface area contributed by atoms with E-state index in [9.17, 15) is 4.79 Å². The first kappa shape index (κ1) is 10.5. The highest BCUT2D eigenvalue weighted by molar-refractivity contribution is 5.90. The fourth-order valence-corrected chi connectivity index (χ4v) is 1.42. The van der Waals surface area contributed by atoms with Gasteiger partial charge in [-0.3, -0.25) is 4.79 Å². The van der Waals surface area contributed by atoms with Crippen LogP contribution in [0.25, 0.3) is 0 Å². The number of rotatable bonds is 6. The summed E-state index contributed by atoms with van der Waals surface area (Å²) in [7, 11) is 0. The van der Waals surface area contributed by atoms with Crippen molar-refractivity contribution in [1.29, 1.82) is 0 Å². The highest BCUT2D eigenvalue weighted by Crippen LogP contribution is 2.33. The van der Waals surface area contributed by atoms with E-state index in [0.717, 1.165) is 25.2 Å². The van der Waals surface area contributed by atoms with Crippen molar-refractivity contribution in [3.05, 3.63) is 11.6 Å². The predicted molar refractivity (Wildman–Crippen MR) is 55.6 cm³/mol. The first-order valence-corrected chi connectivity index (χ1v) is 5.42. The average molecular weight is 180 g/mol. The van der Waals surface area contributed by atoms with Gasteiger partial charge in [0.05, 0.1) is 0 Å². The zero-order chi connectivity index (χ0) is 9.68. The van der Waals surface area contributed by atoms with Crippen LogP contribution in [-0.2, 0) is 4.79 Å². The Morgan fingerprint density at radius 1 is 1.46 bits per heavy atom. The van der Waals surface area contributed by atoms with Crippen LogP contribution in [0.15, 0.2) is 11.6 Å². The molecule has 0 unspecified atom stereocenters. The Morgan fingerprint density at radius 2 is 2.15 bits per heavy atom. The maximum absolute atomic E-state index is 11.3. The van der Waals surface area contributed by atoms with E-state index in [1.165, 1.54) is 24.8 Å². The van der Waals surface area contributed by atoms with Gasteiger partial charge in [0.15, 0.2) is 5.78 Å². The highest BCUT2D eigenvalue weighted by atomic mass is 16.1. The maximum atomic E-state index is 11.3. The zero-order valence-electron chi connectivity index (χ0n) is 8.81. The first-order chi connectivity index (χ1) is 6.22. The van der Waals surface area contributed by atoms with Crippen molar-refractivity contribution >= 4 is 5.78 Å². The van der Waals surface area contributed by atoms with E-state index in [1.807, 2.05) is 13.0 Å². The third-order valence-electron chi connectivity index (χ3n) is 2.70. The van der Waals surface area contributed by atoms with E-state index in [1.54, 1.807) is 0 Å². The molecule has 0 atom stereocenters. The van der Waals surface area contributed by atoms with Gasteiger partial charge in [0.1, 0.15) is 0 Å². The molecule has 0 N–H and O–H groups in total. The van der Waals surface area contributed by atoms with Gasteiger partial charge in [-0.15, -0.1) is 0 Å². The minimum absolute atomic E-state index is 0.319. The lowest BCUT2D eigenvalue weighted by atomic mass is 10.1. The van der Waals surface area contributed by atoms with Crippen LogP contribution in [0.4, 0.5) is 0 Å². The lowest BCUT2D eigenvalue weighted by Crippen LogP contribution is -1.94. The van der Waals surface area contributed by atoms with Gasteiger partial charge in [-0.2, -0.15) is 0 Å². The maximum Gasteiger partial charge on any atom is 0.155 e. The number of hydrogen-bond donors (Lipinski definition) is 0. The Bertz CT molecular complexity index is 199. The molecule has 0 amide bonds. The standard InChI is InChI=1S/C12H20O/c1-3-10(2)9-12(13)6-4-5-11-7-8-11/h9,11H,3-8H2,1-2H3/b10-9+. The zero-order valence-corrected chi connectivity index (χ0v) is 8.81. The second kappa shape index (κ2) is 5.21. The Balaban J connectivity index is 2.08. The summed E-state index contributed by atoms with van der Waals surface area (Å²) in [6, 6.07) is 0. The minimum Gasteiger partial charge on any atom is -0.295 e. The summed E-state index contributed by atoms with van der Waals surface area (Å²) in [4.78, 5) is 11.3. The van der Waals surface area contributed by atoms with Gasteiger partial charge in [0.2, 0.25) is 0 Å². The monoisotopic (exact) mass is 180 g/mol. The highest BCUT2D eigenvalue weighted by Gasteiger charge is 2.20. The molecule has 0 spiro atoms. The molecule has 1 fully saturated rings. The third-order valence-corrected chi connectivity index (χ3v) is 2.70. The predicted octanol–water partition coefficient (Wildman–Crippen LogP) is 3.49. The molecule has 1 nitrogen and oxygen atoms in total. The summed E-state index contributed by atoms with van der Waals surface area (Å²) in [5.41, 5.74) is 1.21. The summed E-state index contributed by atoms with van der Waals surface area (Å²) in [6.45, 7) is 4.11. The normalized spacial score (nSPS) is 17.5. The van der Waals surface area contributed by atoms with Crippen molar-refractivity contribution in [2.45, 2.75) is 52.4 Å². The average Bonchev–Trinajstić information content (AvgIpc) is 2.88. The topological polar surface area (TPSA) is 17.1 Å². The van der Waals surface area contributed by atoms with Crippen molar-refractivity contribution < 1.29 is 4.79 Å². The number of carbonyl (C=O) groups excluding carboxylic acids is 1. The fourth-order valence-electron chi connectivity index (χ4n) is 1.42. The number of ketones is 1.